The third-order valence-corrected chi connectivity index (χ3v) is 9.26. The largest absolute Gasteiger partial charge is 0.396 e. The summed E-state index contributed by atoms with van der Waals surface area (Å²) in [5, 5.41) is 8.79. The van der Waals surface area contributed by atoms with Crippen LogP contribution in [0.15, 0.2) is 0 Å². The highest BCUT2D eigenvalue weighted by atomic mass is 16.2. The van der Waals surface area contributed by atoms with Gasteiger partial charge in [-0.3, -0.25) is 0 Å². The first-order chi connectivity index (χ1) is 19.9. The number of aliphatic hydroxyl groups excluding tert-OH is 1. The van der Waals surface area contributed by atoms with Crippen LogP contribution in [0.3, 0.4) is 0 Å². The summed E-state index contributed by atoms with van der Waals surface area (Å²) in [6.45, 7) is 2.68. The maximum Gasteiger partial charge on any atom is 0.0431 e. The van der Waals surface area contributed by atoms with Crippen molar-refractivity contribution in [3.8, 4) is 0 Å². The van der Waals surface area contributed by atoms with Crippen molar-refractivity contribution in [3.05, 3.63) is 0 Å². The van der Waals surface area contributed by atoms with E-state index in [0.29, 0.717) is 6.61 Å². The molecule has 0 amide bonds. The van der Waals surface area contributed by atoms with Crippen LogP contribution in [0.1, 0.15) is 244 Å². The molecule has 1 nitrogen and oxygen atoms in total. The first-order valence-electron chi connectivity index (χ1n) is 19.5. The molecule has 0 aliphatic rings. The molecule has 0 spiro atoms. The van der Waals surface area contributed by atoms with Crippen molar-refractivity contribution in [2.45, 2.75) is 244 Å². The van der Waals surface area contributed by atoms with Crippen molar-refractivity contribution in [3.63, 3.8) is 0 Å². The summed E-state index contributed by atoms with van der Waals surface area (Å²) in [5.41, 5.74) is 0. The van der Waals surface area contributed by atoms with Crippen molar-refractivity contribution in [2.75, 3.05) is 6.61 Å². The van der Waals surface area contributed by atoms with Gasteiger partial charge in [-0.15, -0.1) is 0 Å². The third kappa shape index (κ3) is 38.0. The number of hydrogen-bond donors (Lipinski definition) is 1. The van der Waals surface area contributed by atoms with E-state index < -0.39 is 0 Å². The minimum Gasteiger partial charge on any atom is -0.396 e. The van der Waals surface area contributed by atoms with Gasteiger partial charge in [0.05, 0.1) is 0 Å². The lowest BCUT2D eigenvalue weighted by Gasteiger charge is -2.05. The van der Waals surface area contributed by atoms with Crippen LogP contribution in [-0.4, -0.2) is 11.7 Å². The van der Waals surface area contributed by atoms with Crippen LogP contribution in [0.2, 0.25) is 0 Å². The van der Waals surface area contributed by atoms with Gasteiger partial charge in [-0.25, -0.2) is 0 Å². The zero-order valence-corrected chi connectivity index (χ0v) is 28.3. The average molecular weight is 565 g/mol. The van der Waals surface area contributed by atoms with E-state index in [-0.39, 0.29) is 0 Å². The summed E-state index contributed by atoms with van der Waals surface area (Å²) in [6.07, 6.45) is 53.5. The van der Waals surface area contributed by atoms with E-state index in [0.717, 1.165) is 6.42 Å². The van der Waals surface area contributed by atoms with Gasteiger partial charge in [-0.2, -0.15) is 0 Å². The number of hydrogen-bond acceptors (Lipinski definition) is 1. The molecular formula is C39H80O. The molecule has 0 aliphatic heterocycles. The first-order valence-corrected chi connectivity index (χ1v) is 19.5. The van der Waals surface area contributed by atoms with E-state index in [1.165, 1.54) is 231 Å². The lowest BCUT2D eigenvalue weighted by atomic mass is 10.0. The van der Waals surface area contributed by atoms with E-state index in [1.807, 2.05) is 0 Å². The van der Waals surface area contributed by atoms with Crippen LogP contribution in [0, 0.1) is 0 Å². The molecule has 1 N–H and O–H groups in total. The fraction of sp³-hybridized carbons (Fsp3) is 1.00. The molecule has 0 aromatic heterocycles. The Hall–Kier alpha value is -0.0400. The van der Waals surface area contributed by atoms with E-state index in [2.05, 4.69) is 6.92 Å². The average Bonchev–Trinajstić information content (AvgIpc) is 2.97. The topological polar surface area (TPSA) is 20.2 Å². The lowest BCUT2D eigenvalue weighted by molar-refractivity contribution is 0.282. The number of rotatable bonds is 37. The number of unbranched alkanes of at least 4 members (excludes halogenated alkanes) is 36. The molecule has 0 unspecified atom stereocenters. The molecular weight excluding hydrogens is 484 g/mol. The van der Waals surface area contributed by atoms with Crippen molar-refractivity contribution in [2.24, 2.45) is 0 Å². The van der Waals surface area contributed by atoms with Crippen molar-refractivity contribution >= 4 is 0 Å². The highest BCUT2D eigenvalue weighted by Crippen LogP contribution is 2.17. The van der Waals surface area contributed by atoms with Crippen LogP contribution in [0.4, 0.5) is 0 Å². The van der Waals surface area contributed by atoms with E-state index >= 15 is 0 Å². The zero-order valence-electron chi connectivity index (χ0n) is 28.3. The minimum absolute atomic E-state index is 0.375. The maximum absolute atomic E-state index is 8.79. The van der Waals surface area contributed by atoms with Gasteiger partial charge in [0.2, 0.25) is 0 Å². The summed E-state index contributed by atoms with van der Waals surface area (Å²) in [4.78, 5) is 0. The van der Waals surface area contributed by atoms with Gasteiger partial charge in [-0.1, -0.05) is 238 Å². The summed E-state index contributed by atoms with van der Waals surface area (Å²) in [5.74, 6) is 0. The highest BCUT2D eigenvalue weighted by Gasteiger charge is 1.97. The molecule has 0 heterocycles. The van der Waals surface area contributed by atoms with Gasteiger partial charge in [0, 0.05) is 6.61 Å². The molecule has 0 saturated heterocycles. The molecule has 40 heavy (non-hydrogen) atoms. The van der Waals surface area contributed by atoms with Gasteiger partial charge < -0.3 is 5.11 Å². The Morgan fingerprint density at radius 3 is 0.450 bits per heavy atom. The normalized spacial score (nSPS) is 11.6. The Morgan fingerprint density at radius 2 is 0.325 bits per heavy atom. The molecule has 0 radical (unpaired) electrons. The smallest absolute Gasteiger partial charge is 0.0431 e. The van der Waals surface area contributed by atoms with Crippen LogP contribution in [-0.2, 0) is 0 Å². The number of aliphatic hydroxyl groups is 1. The van der Waals surface area contributed by atoms with Gasteiger partial charge in [0.25, 0.3) is 0 Å². The van der Waals surface area contributed by atoms with Crippen LogP contribution < -0.4 is 0 Å². The Bertz CT molecular complexity index is 368. The molecule has 0 saturated carbocycles. The molecule has 0 aromatic carbocycles. The van der Waals surface area contributed by atoms with Gasteiger partial charge in [0.1, 0.15) is 0 Å². The van der Waals surface area contributed by atoms with E-state index in [4.69, 9.17) is 5.11 Å². The van der Waals surface area contributed by atoms with Gasteiger partial charge in [-0.05, 0) is 6.42 Å². The quantitative estimate of drug-likeness (QED) is 0.0744. The van der Waals surface area contributed by atoms with E-state index in [1.54, 1.807) is 0 Å². The molecule has 0 aromatic rings. The Balaban J connectivity index is 3.01. The molecule has 242 valence electrons. The van der Waals surface area contributed by atoms with Gasteiger partial charge >= 0.3 is 0 Å². The van der Waals surface area contributed by atoms with Gasteiger partial charge in [0.15, 0.2) is 0 Å². The zero-order chi connectivity index (χ0) is 28.9. The Kier molecular flexibility index (Phi) is 38.9. The second-order valence-electron chi connectivity index (χ2n) is 13.5. The summed E-state index contributed by atoms with van der Waals surface area (Å²) in [6, 6.07) is 0. The van der Waals surface area contributed by atoms with E-state index in [9.17, 15) is 0 Å². The third-order valence-electron chi connectivity index (χ3n) is 9.26. The maximum atomic E-state index is 8.79. The Labute approximate surface area is 255 Å². The monoisotopic (exact) mass is 565 g/mol. The lowest BCUT2D eigenvalue weighted by Crippen LogP contribution is -1.85. The molecule has 1 heteroatoms. The first kappa shape index (κ1) is 40.0. The fourth-order valence-corrected chi connectivity index (χ4v) is 6.37. The molecule has 0 bridgehead atoms. The SMILES string of the molecule is CCCCCCCCCCCCCCCCCCCCCCCCCCCCCCCCCCCCCCCO. The van der Waals surface area contributed by atoms with Crippen molar-refractivity contribution in [1.82, 2.24) is 0 Å². The van der Waals surface area contributed by atoms with Crippen LogP contribution >= 0.6 is 0 Å². The summed E-state index contributed by atoms with van der Waals surface area (Å²) in [7, 11) is 0. The molecule has 0 atom stereocenters. The standard InChI is InChI=1S/C39H80O/c1-2-3-4-5-6-7-8-9-10-11-12-13-14-15-16-17-18-19-20-21-22-23-24-25-26-27-28-29-30-31-32-33-34-35-36-37-38-39-40/h40H,2-39H2,1H3. The predicted molar refractivity (Wildman–Crippen MR) is 184 cm³/mol. The van der Waals surface area contributed by atoms with Crippen molar-refractivity contribution in [1.29, 1.82) is 0 Å². The minimum atomic E-state index is 0.375. The fourth-order valence-electron chi connectivity index (χ4n) is 6.37. The Morgan fingerprint density at radius 1 is 0.200 bits per heavy atom. The second kappa shape index (κ2) is 39.0. The van der Waals surface area contributed by atoms with Crippen molar-refractivity contribution < 1.29 is 5.11 Å². The molecule has 0 aliphatic carbocycles. The summed E-state index contributed by atoms with van der Waals surface area (Å²) >= 11 is 0. The van der Waals surface area contributed by atoms with Crippen LogP contribution in [0.5, 0.6) is 0 Å². The van der Waals surface area contributed by atoms with Crippen LogP contribution in [0.25, 0.3) is 0 Å². The molecule has 0 rings (SSSR count). The summed E-state index contributed by atoms with van der Waals surface area (Å²) < 4.78 is 0. The molecule has 0 fully saturated rings. The predicted octanol–water partition coefficient (Wildman–Crippen LogP) is 14.4. The second-order valence-corrected chi connectivity index (χ2v) is 13.5. The highest BCUT2D eigenvalue weighted by molar-refractivity contribution is 4.53.